The third-order valence-corrected chi connectivity index (χ3v) is 26.2. The number of nitrogens with zero attached hydrogens (tertiary/aromatic N) is 11. The van der Waals surface area contributed by atoms with E-state index in [-0.39, 0.29) is 27.2 Å². The second kappa shape index (κ2) is 40.5. The Morgan fingerprint density at radius 1 is 0.373 bits per heavy atom. The molecule has 0 spiro atoms. The molecule has 126 heavy (non-hydrogen) atoms. The summed E-state index contributed by atoms with van der Waals surface area (Å²) in [6.07, 6.45) is 4.22. The summed E-state index contributed by atoms with van der Waals surface area (Å²) >= 11 is 12.5. The number of hydrogen-bond donors (Lipinski definition) is 0. The predicted molar refractivity (Wildman–Crippen MR) is 529 cm³/mol. The van der Waals surface area contributed by atoms with Crippen LogP contribution in [0.2, 0.25) is 6.82 Å². The van der Waals surface area contributed by atoms with Crippen LogP contribution in [0, 0.1) is 71.6 Å². The molecule has 0 bridgehead atoms. The predicted octanol–water partition coefficient (Wildman–Crippen LogP) is 27.0. The van der Waals surface area contributed by atoms with Crippen molar-refractivity contribution in [2.75, 3.05) is 7.15 Å². The maximum atomic E-state index is 9.96. The van der Waals surface area contributed by atoms with Crippen molar-refractivity contribution >= 4 is 155 Å². The molecule has 0 atom stereocenters. The number of pyridine rings is 2. The van der Waals surface area contributed by atoms with Crippen molar-refractivity contribution in [1.29, 1.82) is 31.6 Å². The number of benzene rings is 12. The monoisotopic (exact) mass is 1960 g/mol. The highest BCUT2D eigenvalue weighted by Gasteiger charge is 2.53. The van der Waals surface area contributed by atoms with Gasteiger partial charge in [-0.05, 0) is 307 Å². The van der Waals surface area contributed by atoms with Gasteiger partial charge < -0.3 is 32.3 Å². The first-order valence-electron chi connectivity index (χ1n) is 40.6. The number of aromatic nitrogens is 5. The summed E-state index contributed by atoms with van der Waals surface area (Å²) in [5.74, 6) is 0. The van der Waals surface area contributed by atoms with E-state index in [4.69, 9.17) is 30.5 Å². The molecule has 17 aromatic rings. The summed E-state index contributed by atoms with van der Waals surface area (Å²) in [6.45, 7) is 18.4. The van der Waals surface area contributed by atoms with Crippen LogP contribution in [-0.4, -0.2) is 67.5 Å². The minimum Gasteiger partial charge on any atom is -0.403 e. The number of alkyl halides is 1. The fraction of sp³-hybridized carbons (Fsp3) is 0.154. The molecule has 0 saturated carbocycles. The van der Waals surface area contributed by atoms with Gasteiger partial charge in [0, 0.05) is 80.9 Å². The summed E-state index contributed by atoms with van der Waals surface area (Å²) in [5.41, 5.74) is 19.8. The van der Waals surface area contributed by atoms with Gasteiger partial charge in [0.25, 0.3) is 0 Å². The second-order valence-electron chi connectivity index (χ2n) is 31.2. The molecule has 15 nitrogen and oxygen atoms in total. The van der Waals surface area contributed by atoms with Crippen molar-refractivity contribution < 1.29 is 25.8 Å². The van der Waals surface area contributed by atoms with Gasteiger partial charge in [0.2, 0.25) is 0 Å². The summed E-state index contributed by atoms with van der Waals surface area (Å²) in [4.78, 5) is 8.03. The van der Waals surface area contributed by atoms with Gasteiger partial charge >= 0.3 is 14.2 Å². The number of hydrogen-bond acceptors (Lipinski definition) is 12. The average Bonchev–Trinajstić information content (AvgIpc) is 1.59. The van der Waals surface area contributed by atoms with E-state index in [1.54, 1.807) is 24.5 Å². The molecule has 12 aromatic carbocycles. The Morgan fingerprint density at radius 3 is 1.18 bits per heavy atom. The van der Waals surface area contributed by atoms with E-state index in [1.807, 2.05) is 207 Å². The molecule has 0 unspecified atom stereocenters. The van der Waals surface area contributed by atoms with Crippen LogP contribution in [-0.2, 0) is 25.0 Å². The van der Waals surface area contributed by atoms with Crippen molar-refractivity contribution in [3.63, 3.8) is 0 Å². The lowest BCUT2D eigenvalue weighted by atomic mass is 9.77. The zero-order valence-corrected chi connectivity index (χ0v) is 76.8. The van der Waals surface area contributed by atoms with Crippen LogP contribution in [0.5, 0.6) is 0 Å². The summed E-state index contributed by atoms with van der Waals surface area (Å²) in [7, 11) is -1.52. The topological polar surface area (TPSA) is 220 Å². The molecular weight excluding hydrogens is 1870 g/mol. The molecular formula is C104H88B2Br3FIN11O4. The molecule has 0 amide bonds. The third kappa shape index (κ3) is 19.6. The number of rotatable bonds is 5. The molecule has 624 valence electrons. The van der Waals surface area contributed by atoms with Crippen molar-refractivity contribution in [2.45, 2.75) is 98.5 Å². The van der Waals surface area contributed by atoms with E-state index in [1.165, 1.54) is 30.3 Å². The highest BCUT2D eigenvalue weighted by molar-refractivity contribution is 14.1. The minimum atomic E-state index is -1.00. The summed E-state index contributed by atoms with van der Waals surface area (Å²) < 4.78 is 50.2. The van der Waals surface area contributed by atoms with Crippen LogP contribution in [0.4, 0.5) is 4.39 Å². The minimum absolute atomic E-state index is 0. The fourth-order valence-electron chi connectivity index (χ4n) is 15.2. The summed E-state index contributed by atoms with van der Waals surface area (Å²) in [5, 5.41) is 61.3. The lowest BCUT2D eigenvalue weighted by molar-refractivity contribution is 0.00578. The second-order valence-corrected chi connectivity index (χ2v) is 34.9. The van der Waals surface area contributed by atoms with Gasteiger partial charge in [0.15, 0.2) is 5.69 Å². The Labute approximate surface area is 776 Å². The van der Waals surface area contributed by atoms with Gasteiger partial charge in [-0.15, -0.1) is 0 Å². The largest absolute Gasteiger partial charge is 0.496 e. The van der Waals surface area contributed by atoms with E-state index < -0.39 is 25.5 Å². The maximum absolute atomic E-state index is 9.96. The third-order valence-electron chi connectivity index (χ3n) is 22.5. The van der Waals surface area contributed by atoms with Gasteiger partial charge in [-0.2, -0.15) is 31.6 Å². The van der Waals surface area contributed by atoms with Gasteiger partial charge in [0.1, 0.15) is 17.8 Å². The molecule has 2 fully saturated rings. The molecule has 2 saturated heterocycles. The van der Waals surface area contributed by atoms with E-state index in [0.717, 1.165) is 120 Å². The summed E-state index contributed by atoms with van der Waals surface area (Å²) in [6, 6.07) is 109. The molecule has 1 aliphatic carbocycles. The van der Waals surface area contributed by atoms with Crippen LogP contribution in [0.3, 0.4) is 0 Å². The van der Waals surface area contributed by atoms with Crippen molar-refractivity contribution in [1.82, 2.24) is 23.7 Å². The van der Waals surface area contributed by atoms with Crippen molar-refractivity contribution in [3.05, 3.63) is 365 Å². The first kappa shape index (κ1) is 91.1. The quantitative estimate of drug-likeness (QED) is 0.116. The van der Waals surface area contributed by atoms with Crippen LogP contribution in [0.25, 0.3) is 105 Å². The molecule has 20 rings (SSSR count). The standard InChI is InChI=1S/C25H23BN2O2.C25H14N4.C19H11BrN2.C14H9N.C7H15BO2.C6H4BrI.C6H3BrN2.CH3F.CH4.H2/c1-24(2)25(3,4)30-26(29-24)20-10-6-8-12-23(20)28-21-11-7-5-9-18(21)19-15-17(16-27)13-14-22(19)28;26-15-17-11-12-25-21(14-17)20-7-2-4-10-24(20)29(25)23-9-3-1-6-19(23)18-8-5-13-28-22(18)16-27;20-16-6-2-4-8-19(16)22-17-7-3-1-5-14(17)15-11-13(12-21)9-10-18(15)22;15-9-10-5-6-12-8-11-3-1-2-4-13(11)14(12)7-10;1-6(2)7(3,4)10-8(5)9-6;7-5-3-1-2-4-6(5)8;7-5-2-1-3-9-6(5)4-8;1-2;;/h5-15H,1-4H3;1-14H;1-11H;1-7H,8H2;1-5H3;1-4H;1-3H;1H3;1H4;1H/i;;;;;;;1D;;1+1. The molecule has 5 aromatic heterocycles. The Hall–Kier alpha value is -12.7. The van der Waals surface area contributed by atoms with Crippen LogP contribution in [0.1, 0.15) is 110 Å². The first-order valence-corrected chi connectivity index (χ1v) is 43.4. The Bertz CT molecular complexity index is 7170. The molecule has 0 N–H and O–H groups in total. The lowest BCUT2D eigenvalue weighted by Gasteiger charge is -2.32. The Balaban J connectivity index is 0.000000151. The molecule has 7 heterocycles. The number of para-hydroxylation sites is 6. The Kier molecular flexibility index (Phi) is 29.3. The van der Waals surface area contributed by atoms with E-state index in [0.29, 0.717) is 28.1 Å². The van der Waals surface area contributed by atoms with E-state index >= 15 is 0 Å². The van der Waals surface area contributed by atoms with Crippen molar-refractivity contribution in [3.8, 4) is 75.7 Å². The zero-order chi connectivity index (χ0) is 89.6. The number of fused-ring (bicyclic) bond motifs is 12. The van der Waals surface area contributed by atoms with Gasteiger partial charge in [0.05, 0.1) is 126 Å². The Morgan fingerprint density at radius 2 is 0.730 bits per heavy atom. The fourth-order valence-corrected chi connectivity index (χ4v) is 16.7. The van der Waals surface area contributed by atoms with E-state index in [9.17, 15) is 25.4 Å². The first-order chi connectivity index (χ1) is 60.7. The van der Waals surface area contributed by atoms with Gasteiger partial charge in [-0.25, -0.2) is 9.97 Å². The normalized spacial score (nSPS) is 13.6. The molecule has 2 aliphatic heterocycles. The highest BCUT2D eigenvalue weighted by atomic mass is 127. The zero-order valence-electron chi connectivity index (χ0n) is 70.9. The van der Waals surface area contributed by atoms with E-state index in [2.05, 4.69) is 265 Å². The van der Waals surface area contributed by atoms with Crippen molar-refractivity contribution in [2.24, 2.45) is 0 Å². The van der Waals surface area contributed by atoms with Crippen LogP contribution >= 0.6 is 70.4 Å². The van der Waals surface area contributed by atoms with Crippen LogP contribution in [0.15, 0.2) is 317 Å². The van der Waals surface area contributed by atoms with Crippen LogP contribution < -0.4 is 5.46 Å². The van der Waals surface area contributed by atoms with Gasteiger partial charge in [-0.3, -0.25) is 4.39 Å². The molecule has 0 radical (unpaired) electrons. The lowest BCUT2D eigenvalue weighted by Crippen LogP contribution is -2.41. The average molecular weight is 1970 g/mol. The van der Waals surface area contributed by atoms with Gasteiger partial charge in [-0.1, -0.05) is 153 Å². The maximum Gasteiger partial charge on any atom is 0.496 e. The molecule has 3 aliphatic rings. The number of nitriles is 6. The SMILES string of the molecule is Brc1ccccc1I.C.CB1OC(C)(C)C(C)(C)O1.CC1(C)OB(c2ccccc2-n2c3ccccc3c3cc(C#N)ccc32)OC1(C)C.N#Cc1ccc2c(c1)-c1ccccc1C2.N#Cc1ccc2c(c1)c1ccccc1n2-c1ccccc1-c1cccnc1C#N.N#Cc1ccc2c(c1)c1ccccc1n2-c1ccccc1Br.N#Cc1ncccc1Br.[2HH].[2H]CF. The smallest absolute Gasteiger partial charge is 0.403 e. The highest BCUT2D eigenvalue weighted by Crippen LogP contribution is 2.43. The molecule has 22 heteroatoms. The number of halogens is 5.